The first-order valence-electron chi connectivity index (χ1n) is 9.49. The van der Waals surface area contributed by atoms with E-state index < -0.39 is 17.2 Å². The third-order valence-corrected chi connectivity index (χ3v) is 5.50. The lowest BCUT2D eigenvalue weighted by Crippen LogP contribution is -2.27. The Kier molecular flexibility index (Phi) is 6.44. The van der Waals surface area contributed by atoms with Crippen molar-refractivity contribution in [1.82, 2.24) is 4.57 Å². The summed E-state index contributed by atoms with van der Waals surface area (Å²) in [4.78, 5) is 26.0. The van der Waals surface area contributed by atoms with Crippen LogP contribution in [0.1, 0.15) is 46.2 Å². The predicted octanol–water partition coefficient (Wildman–Crippen LogP) is 4.21. The van der Waals surface area contributed by atoms with E-state index in [0.29, 0.717) is 30.8 Å². The summed E-state index contributed by atoms with van der Waals surface area (Å²) in [7, 11) is 0. The van der Waals surface area contributed by atoms with E-state index in [4.69, 9.17) is 9.15 Å². The minimum absolute atomic E-state index is 0.0601. The number of fused-ring (bicyclic) bond motifs is 1. The molecule has 3 rings (SSSR count). The summed E-state index contributed by atoms with van der Waals surface area (Å²) in [6.07, 6.45) is 0.445. The number of pyridine rings is 1. The minimum atomic E-state index is -0.634. The summed E-state index contributed by atoms with van der Waals surface area (Å²) in [6, 6.07) is 7.29. The van der Waals surface area contributed by atoms with Crippen molar-refractivity contribution < 1.29 is 19.1 Å². The van der Waals surface area contributed by atoms with Crippen molar-refractivity contribution in [2.45, 2.75) is 33.7 Å². The molecular formula is C22H21BrN2O5. The molecular weight excluding hydrogens is 452 g/mol. The van der Waals surface area contributed by atoms with Crippen molar-refractivity contribution in [3.8, 4) is 11.9 Å². The first kappa shape index (κ1) is 21.8. The van der Waals surface area contributed by atoms with E-state index in [1.807, 2.05) is 25.1 Å². The number of furan rings is 1. The van der Waals surface area contributed by atoms with Gasteiger partial charge in [0.25, 0.3) is 5.56 Å². The van der Waals surface area contributed by atoms with E-state index in [0.717, 1.165) is 14.4 Å². The van der Waals surface area contributed by atoms with E-state index in [1.165, 1.54) is 6.92 Å². The highest BCUT2D eigenvalue weighted by Crippen LogP contribution is 2.32. The molecule has 2 aromatic heterocycles. The van der Waals surface area contributed by atoms with Gasteiger partial charge in [-0.05, 0) is 51.0 Å². The molecule has 0 aliphatic rings. The fraction of sp³-hybridized carbons (Fsp3) is 0.318. The SMILES string of the molecule is CCOCCCn1c(O)c(C(=O)c2oc3cc(Br)ccc3c2C)c(C)c(C#N)c1=O. The van der Waals surface area contributed by atoms with Gasteiger partial charge in [-0.2, -0.15) is 5.26 Å². The van der Waals surface area contributed by atoms with Gasteiger partial charge >= 0.3 is 0 Å². The molecule has 1 aromatic carbocycles. The van der Waals surface area contributed by atoms with Gasteiger partial charge in [0, 0.05) is 35.2 Å². The number of ether oxygens (including phenoxy) is 1. The molecule has 0 fully saturated rings. The van der Waals surface area contributed by atoms with Gasteiger partial charge in [-0.15, -0.1) is 0 Å². The quantitative estimate of drug-likeness (QED) is 0.407. The van der Waals surface area contributed by atoms with Crippen LogP contribution in [-0.2, 0) is 11.3 Å². The second-order valence-corrected chi connectivity index (χ2v) is 7.76. The molecule has 156 valence electrons. The number of aromatic nitrogens is 1. The van der Waals surface area contributed by atoms with Crippen molar-refractivity contribution in [3.63, 3.8) is 0 Å². The molecule has 0 saturated heterocycles. The number of rotatable bonds is 7. The highest BCUT2D eigenvalue weighted by atomic mass is 79.9. The van der Waals surface area contributed by atoms with E-state index in [2.05, 4.69) is 15.9 Å². The summed E-state index contributed by atoms with van der Waals surface area (Å²) in [5, 5.41) is 21.1. The monoisotopic (exact) mass is 472 g/mol. The van der Waals surface area contributed by atoms with Crippen LogP contribution in [0, 0.1) is 25.2 Å². The van der Waals surface area contributed by atoms with Gasteiger partial charge in [-0.3, -0.25) is 14.2 Å². The summed E-state index contributed by atoms with van der Waals surface area (Å²) in [6.45, 7) is 6.12. The molecule has 30 heavy (non-hydrogen) atoms. The number of aryl methyl sites for hydroxylation is 1. The van der Waals surface area contributed by atoms with Gasteiger partial charge in [0.2, 0.25) is 11.7 Å². The predicted molar refractivity (Wildman–Crippen MR) is 115 cm³/mol. The summed E-state index contributed by atoms with van der Waals surface area (Å²) < 4.78 is 12.9. The van der Waals surface area contributed by atoms with Crippen LogP contribution < -0.4 is 5.56 Å². The molecule has 0 atom stereocenters. The van der Waals surface area contributed by atoms with E-state index in [9.17, 15) is 20.0 Å². The molecule has 0 bridgehead atoms. The Hall–Kier alpha value is -2.89. The number of carbonyl (C=O) groups is 1. The maximum atomic E-state index is 13.4. The Balaban J connectivity index is 2.15. The summed E-state index contributed by atoms with van der Waals surface area (Å²) >= 11 is 3.37. The van der Waals surface area contributed by atoms with Crippen LogP contribution >= 0.6 is 15.9 Å². The van der Waals surface area contributed by atoms with Crippen LogP contribution in [-0.4, -0.2) is 28.7 Å². The molecule has 0 aliphatic heterocycles. The van der Waals surface area contributed by atoms with Gasteiger partial charge in [0.1, 0.15) is 17.2 Å². The van der Waals surface area contributed by atoms with Gasteiger partial charge in [0.05, 0.1) is 5.56 Å². The lowest BCUT2D eigenvalue weighted by atomic mass is 9.98. The first-order valence-corrected chi connectivity index (χ1v) is 10.3. The topological polar surface area (TPSA) is 105 Å². The molecule has 0 spiro atoms. The van der Waals surface area contributed by atoms with Gasteiger partial charge in [-0.1, -0.05) is 15.9 Å². The largest absolute Gasteiger partial charge is 0.494 e. The summed E-state index contributed by atoms with van der Waals surface area (Å²) in [5.41, 5.74) is 0.354. The van der Waals surface area contributed by atoms with Crippen LogP contribution in [0.3, 0.4) is 0 Å². The van der Waals surface area contributed by atoms with Crippen LogP contribution in [0.4, 0.5) is 0 Å². The Morgan fingerprint density at radius 3 is 2.73 bits per heavy atom. The van der Waals surface area contributed by atoms with Crippen LogP contribution in [0.15, 0.2) is 31.9 Å². The molecule has 0 aliphatic carbocycles. The summed E-state index contributed by atoms with van der Waals surface area (Å²) in [5.74, 6) is -0.992. The zero-order valence-corrected chi connectivity index (χ0v) is 18.5. The fourth-order valence-electron chi connectivity index (χ4n) is 3.43. The van der Waals surface area contributed by atoms with Crippen LogP contribution in [0.2, 0.25) is 0 Å². The van der Waals surface area contributed by atoms with Crippen LogP contribution in [0.25, 0.3) is 11.0 Å². The lowest BCUT2D eigenvalue weighted by molar-refractivity contribution is 0.100. The van der Waals surface area contributed by atoms with Crippen molar-refractivity contribution in [3.05, 3.63) is 61.0 Å². The molecule has 1 N–H and O–H groups in total. The first-order chi connectivity index (χ1) is 14.3. The number of hydrogen-bond donors (Lipinski definition) is 1. The molecule has 2 heterocycles. The molecule has 0 unspecified atom stereocenters. The van der Waals surface area contributed by atoms with Crippen molar-refractivity contribution in [2.24, 2.45) is 0 Å². The Morgan fingerprint density at radius 2 is 2.07 bits per heavy atom. The number of halogens is 1. The third-order valence-electron chi connectivity index (χ3n) is 5.01. The smallest absolute Gasteiger partial charge is 0.271 e. The standard InChI is InChI=1S/C22H21BrN2O5/c1-4-29-9-5-8-25-21(27)16(11-24)12(2)18(22(25)28)19(26)20-13(3)15-7-6-14(23)10-17(15)30-20/h6-7,10,28H,4-5,8-9H2,1-3H3. The van der Waals surface area contributed by atoms with E-state index in [-0.39, 0.29) is 29.0 Å². The van der Waals surface area contributed by atoms with Crippen molar-refractivity contribution >= 4 is 32.7 Å². The second-order valence-electron chi connectivity index (χ2n) is 6.84. The highest BCUT2D eigenvalue weighted by Gasteiger charge is 2.28. The Morgan fingerprint density at radius 1 is 1.33 bits per heavy atom. The second kappa shape index (κ2) is 8.86. The lowest BCUT2D eigenvalue weighted by Gasteiger charge is -2.15. The number of nitrogens with zero attached hydrogens (tertiary/aromatic N) is 2. The minimum Gasteiger partial charge on any atom is -0.494 e. The van der Waals surface area contributed by atoms with Crippen molar-refractivity contribution in [1.29, 1.82) is 5.26 Å². The number of nitriles is 1. The highest BCUT2D eigenvalue weighted by molar-refractivity contribution is 9.10. The van der Waals surface area contributed by atoms with Gasteiger partial charge in [-0.25, -0.2) is 0 Å². The van der Waals surface area contributed by atoms with Gasteiger partial charge in [0.15, 0.2) is 5.76 Å². The molecule has 3 aromatic rings. The van der Waals surface area contributed by atoms with E-state index >= 15 is 0 Å². The molecule has 0 amide bonds. The average molecular weight is 473 g/mol. The molecule has 8 heteroatoms. The number of hydrogen-bond acceptors (Lipinski definition) is 6. The zero-order chi connectivity index (χ0) is 22.0. The number of aromatic hydroxyl groups is 1. The molecule has 7 nitrogen and oxygen atoms in total. The Bertz CT molecular complexity index is 1230. The van der Waals surface area contributed by atoms with Crippen molar-refractivity contribution in [2.75, 3.05) is 13.2 Å². The van der Waals surface area contributed by atoms with E-state index in [1.54, 1.807) is 13.0 Å². The normalized spacial score (nSPS) is 11.0. The number of benzene rings is 1. The maximum absolute atomic E-state index is 13.4. The fourth-order valence-corrected chi connectivity index (χ4v) is 3.77. The maximum Gasteiger partial charge on any atom is 0.271 e. The number of ketones is 1. The zero-order valence-electron chi connectivity index (χ0n) is 16.9. The van der Waals surface area contributed by atoms with Crippen LogP contribution in [0.5, 0.6) is 5.88 Å². The average Bonchev–Trinajstić information content (AvgIpc) is 3.03. The molecule has 0 saturated carbocycles. The number of carbonyl (C=O) groups excluding carboxylic acids is 1. The third kappa shape index (κ3) is 3.78. The van der Waals surface area contributed by atoms with Gasteiger partial charge < -0.3 is 14.3 Å². The Labute approximate surface area is 181 Å². The molecule has 0 radical (unpaired) electrons.